The molecule has 0 spiro atoms. The third-order valence-corrected chi connectivity index (χ3v) is 5.79. The molecule has 1 aliphatic rings. The van der Waals surface area contributed by atoms with Gasteiger partial charge in [-0.3, -0.25) is 0 Å². The van der Waals surface area contributed by atoms with E-state index in [9.17, 15) is 8.42 Å². The molecule has 0 unspecified atom stereocenters. The van der Waals surface area contributed by atoms with Crippen LogP contribution >= 0.6 is 0 Å². The Morgan fingerprint density at radius 2 is 1.73 bits per heavy atom. The van der Waals surface area contributed by atoms with Crippen molar-refractivity contribution in [1.82, 2.24) is 9.55 Å². The Morgan fingerprint density at radius 1 is 1.00 bits per heavy atom. The normalized spacial score (nSPS) is 14.5. The van der Waals surface area contributed by atoms with E-state index in [2.05, 4.69) is 4.98 Å². The highest BCUT2D eigenvalue weighted by Gasteiger charge is 2.33. The molecular weight excluding hydrogens is 298 g/mol. The molecule has 0 aliphatic carbocycles. The number of imidazole rings is 1. The number of hydrogen-bond acceptors (Lipinski definition) is 3. The van der Waals surface area contributed by atoms with Crippen LogP contribution in [0.15, 0.2) is 53.4 Å². The molecule has 0 atom stereocenters. The topological polar surface area (TPSA) is 55.2 Å². The van der Waals surface area contributed by atoms with Gasteiger partial charge in [0.25, 0.3) is 10.0 Å². The first-order chi connectivity index (χ1) is 10.6. The van der Waals surface area contributed by atoms with Gasteiger partial charge in [0.2, 0.25) is 5.95 Å². The number of sulfonamides is 1. The second kappa shape index (κ2) is 4.58. The molecule has 2 heterocycles. The van der Waals surface area contributed by atoms with Crippen molar-refractivity contribution in [1.29, 1.82) is 0 Å². The number of hydrogen-bond donors (Lipinski definition) is 0. The molecular formula is C16H15N3O2S. The number of aromatic nitrogens is 2. The Morgan fingerprint density at radius 3 is 2.50 bits per heavy atom. The van der Waals surface area contributed by atoms with Crippen molar-refractivity contribution in [3.63, 3.8) is 0 Å². The van der Waals surface area contributed by atoms with Gasteiger partial charge in [-0.2, -0.15) is 0 Å². The van der Waals surface area contributed by atoms with E-state index in [1.807, 2.05) is 47.9 Å². The molecule has 0 amide bonds. The molecule has 22 heavy (non-hydrogen) atoms. The fourth-order valence-corrected chi connectivity index (χ4v) is 4.24. The van der Waals surface area contributed by atoms with E-state index in [-0.39, 0.29) is 0 Å². The monoisotopic (exact) mass is 313 g/mol. The number of rotatable bonds is 2. The molecule has 112 valence electrons. The first-order valence-corrected chi connectivity index (χ1v) is 8.56. The van der Waals surface area contributed by atoms with Crippen LogP contribution in [0, 0.1) is 6.92 Å². The van der Waals surface area contributed by atoms with Crippen LogP contribution in [-0.4, -0.2) is 24.5 Å². The minimum Gasteiger partial charge on any atom is -0.307 e. The molecule has 1 aromatic heterocycles. The lowest BCUT2D eigenvalue weighted by Gasteiger charge is -2.16. The lowest BCUT2D eigenvalue weighted by molar-refractivity contribution is 0.592. The molecule has 1 aliphatic heterocycles. The van der Waals surface area contributed by atoms with Crippen molar-refractivity contribution >= 4 is 27.0 Å². The molecule has 0 saturated carbocycles. The summed E-state index contributed by atoms with van der Waals surface area (Å²) in [6.07, 6.45) is 0. The predicted molar refractivity (Wildman–Crippen MR) is 85.4 cm³/mol. The molecule has 3 aromatic rings. The van der Waals surface area contributed by atoms with E-state index in [0.717, 1.165) is 16.6 Å². The lowest BCUT2D eigenvalue weighted by Crippen LogP contribution is -2.29. The summed E-state index contributed by atoms with van der Waals surface area (Å²) in [6.45, 7) is 2.98. The van der Waals surface area contributed by atoms with Crippen LogP contribution in [0.25, 0.3) is 11.0 Å². The Labute approximate surface area is 128 Å². The largest absolute Gasteiger partial charge is 0.307 e. The van der Waals surface area contributed by atoms with Gasteiger partial charge < -0.3 is 4.57 Å². The molecule has 0 saturated heterocycles. The number of fused-ring (bicyclic) bond motifs is 3. The first kappa shape index (κ1) is 13.3. The Balaban J connectivity index is 1.84. The van der Waals surface area contributed by atoms with Gasteiger partial charge in [0.15, 0.2) is 0 Å². The summed E-state index contributed by atoms with van der Waals surface area (Å²) >= 11 is 0. The van der Waals surface area contributed by atoms with Crippen LogP contribution in [0.5, 0.6) is 0 Å². The van der Waals surface area contributed by atoms with Crippen LogP contribution < -0.4 is 4.31 Å². The number of nitrogens with zero attached hydrogens (tertiary/aromatic N) is 3. The summed E-state index contributed by atoms with van der Waals surface area (Å²) in [5.74, 6) is 0.502. The average molecular weight is 313 g/mol. The fraction of sp³-hybridized carbons (Fsp3) is 0.188. The molecule has 6 heteroatoms. The maximum Gasteiger partial charge on any atom is 0.266 e. The lowest BCUT2D eigenvalue weighted by atomic mass is 10.2. The van der Waals surface area contributed by atoms with Crippen molar-refractivity contribution in [2.75, 3.05) is 10.8 Å². The second-order valence-corrected chi connectivity index (χ2v) is 7.30. The summed E-state index contributed by atoms with van der Waals surface area (Å²) in [5.41, 5.74) is 2.83. The summed E-state index contributed by atoms with van der Waals surface area (Å²) in [4.78, 5) is 4.80. The summed E-state index contributed by atoms with van der Waals surface area (Å²) in [5, 5.41) is 0. The van der Waals surface area contributed by atoms with E-state index in [1.165, 1.54) is 4.31 Å². The minimum absolute atomic E-state index is 0.304. The molecule has 4 rings (SSSR count). The van der Waals surface area contributed by atoms with E-state index < -0.39 is 10.0 Å². The van der Waals surface area contributed by atoms with Gasteiger partial charge in [-0.25, -0.2) is 17.7 Å². The van der Waals surface area contributed by atoms with E-state index in [4.69, 9.17) is 0 Å². The summed E-state index contributed by atoms with van der Waals surface area (Å²) in [7, 11) is -3.57. The Kier molecular flexibility index (Phi) is 2.77. The van der Waals surface area contributed by atoms with E-state index in [0.29, 0.717) is 23.9 Å². The molecule has 5 nitrogen and oxygen atoms in total. The van der Waals surface area contributed by atoms with E-state index in [1.54, 1.807) is 12.1 Å². The van der Waals surface area contributed by atoms with Crippen LogP contribution in [0.1, 0.15) is 5.56 Å². The highest BCUT2D eigenvalue weighted by molar-refractivity contribution is 7.92. The van der Waals surface area contributed by atoms with Crippen molar-refractivity contribution in [3.05, 3.63) is 54.1 Å². The zero-order chi connectivity index (χ0) is 15.3. The van der Waals surface area contributed by atoms with Crippen molar-refractivity contribution in [2.24, 2.45) is 0 Å². The van der Waals surface area contributed by atoms with Crippen molar-refractivity contribution in [2.45, 2.75) is 18.4 Å². The maximum atomic E-state index is 12.9. The Hall–Kier alpha value is -2.34. The highest BCUT2D eigenvalue weighted by atomic mass is 32.2. The average Bonchev–Trinajstić information content (AvgIpc) is 3.06. The maximum absolute atomic E-state index is 12.9. The molecule has 0 fully saturated rings. The second-order valence-electron chi connectivity index (χ2n) is 5.44. The summed E-state index contributed by atoms with van der Waals surface area (Å²) in [6, 6.07) is 14.6. The SMILES string of the molecule is Cc1ccc(S(=O)(=O)N2CCn3c2nc2ccccc23)cc1. The van der Waals surface area contributed by atoms with Gasteiger partial charge >= 0.3 is 0 Å². The molecule has 0 N–H and O–H groups in total. The van der Waals surface area contributed by atoms with Crippen molar-refractivity contribution in [3.8, 4) is 0 Å². The molecule has 0 radical (unpaired) electrons. The summed E-state index contributed by atoms with van der Waals surface area (Å²) < 4.78 is 29.1. The smallest absolute Gasteiger partial charge is 0.266 e. The quantitative estimate of drug-likeness (QED) is 0.730. The highest BCUT2D eigenvalue weighted by Crippen LogP contribution is 2.31. The van der Waals surface area contributed by atoms with Gasteiger partial charge in [0.05, 0.1) is 22.5 Å². The third-order valence-electron chi connectivity index (χ3n) is 3.99. The van der Waals surface area contributed by atoms with Crippen LogP contribution in [-0.2, 0) is 16.6 Å². The zero-order valence-electron chi connectivity index (χ0n) is 12.1. The third kappa shape index (κ3) is 1.84. The van der Waals surface area contributed by atoms with Gasteiger partial charge in [0, 0.05) is 6.54 Å². The molecule has 0 bridgehead atoms. The van der Waals surface area contributed by atoms with Gasteiger partial charge in [-0.15, -0.1) is 0 Å². The zero-order valence-corrected chi connectivity index (χ0v) is 12.9. The number of anilines is 1. The minimum atomic E-state index is -3.57. The first-order valence-electron chi connectivity index (χ1n) is 7.12. The Bertz CT molecular complexity index is 959. The fourth-order valence-electron chi connectivity index (χ4n) is 2.83. The van der Waals surface area contributed by atoms with E-state index >= 15 is 0 Å². The van der Waals surface area contributed by atoms with Gasteiger partial charge in [-0.1, -0.05) is 29.8 Å². The van der Waals surface area contributed by atoms with Crippen molar-refractivity contribution < 1.29 is 8.42 Å². The van der Waals surface area contributed by atoms with Gasteiger partial charge in [0.1, 0.15) is 0 Å². The molecule has 2 aromatic carbocycles. The number of para-hydroxylation sites is 2. The standard InChI is InChI=1S/C16H15N3O2S/c1-12-6-8-13(9-7-12)22(20,21)19-11-10-18-15-5-3-2-4-14(15)17-16(18)19/h2-9H,10-11H2,1H3. The van der Waals surface area contributed by atoms with Gasteiger partial charge in [-0.05, 0) is 31.2 Å². The van der Waals surface area contributed by atoms with Crippen LogP contribution in [0.4, 0.5) is 5.95 Å². The van der Waals surface area contributed by atoms with Crippen LogP contribution in [0.3, 0.4) is 0 Å². The van der Waals surface area contributed by atoms with Crippen LogP contribution in [0.2, 0.25) is 0 Å². The number of aryl methyl sites for hydroxylation is 1. The number of benzene rings is 2. The predicted octanol–water partition coefficient (Wildman–Crippen LogP) is 2.55.